The molecule has 5 heteroatoms. The maximum Gasteiger partial charge on any atom is 0.128 e. The lowest BCUT2D eigenvalue weighted by Gasteiger charge is -2.18. The number of anilines is 1. The minimum absolute atomic E-state index is 0.242. The quantitative estimate of drug-likeness (QED) is 0.568. The molecular formula is C13H15FN4. The third kappa shape index (κ3) is 2.32. The lowest BCUT2D eigenvalue weighted by atomic mass is 9.98. The van der Waals surface area contributed by atoms with Crippen LogP contribution in [0.3, 0.4) is 0 Å². The van der Waals surface area contributed by atoms with Crippen molar-refractivity contribution in [2.45, 2.75) is 13.0 Å². The summed E-state index contributed by atoms with van der Waals surface area (Å²) in [6, 6.07) is 8.16. The van der Waals surface area contributed by atoms with E-state index in [1.54, 1.807) is 31.3 Å². The van der Waals surface area contributed by atoms with Crippen LogP contribution in [0.5, 0.6) is 0 Å². The first-order chi connectivity index (χ1) is 8.63. The van der Waals surface area contributed by atoms with Crippen LogP contribution in [0.1, 0.15) is 22.7 Å². The Labute approximate surface area is 105 Å². The van der Waals surface area contributed by atoms with E-state index in [-0.39, 0.29) is 11.9 Å². The Balaban J connectivity index is 2.45. The number of aryl methyl sites for hydroxylation is 1. The fraction of sp³-hybridized carbons (Fsp3) is 0.154. The average Bonchev–Trinajstić information content (AvgIpc) is 2.37. The Morgan fingerprint density at radius 1 is 1.33 bits per heavy atom. The first-order valence-corrected chi connectivity index (χ1v) is 5.56. The van der Waals surface area contributed by atoms with Crippen LogP contribution in [0.15, 0.2) is 36.5 Å². The van der Waals surface area contributed by atoms with E-state index in [4.69, 9.17) is 11.6 Å². The second-order valence-corrected chi connectivity index (χ2v) is 4.09. The Hall–Kier alpha value is -1.98. The van der Waals surface area contributed by atoms with E-state index in [0.717, 1.165) is 11.1 Å². The van der Waals surface area contributed by atoms with Crippen LogP contribution in [0.2, 0.25) is 0 Å². The summed E-state index contributed by atoms with van der Waals surface area (Å²) < 4.78 is 13.3. The Morgan fingerprint density at radius 2 is 2.11 bits per heavy atom. The molecule has 0 amide bonds. The largest absolute Gasteiger partial charge is 0.383 e. The van der Waals surface area contributed by atoms with Crippen molar-refractivity contribution in [3.05, 3.63) is 59.0 Å². The first kappa shape index (κ1) is 12.5. The lowest BCUT2D eigenvalue weighted by molar-refractivity contribution is 0.608. The second-order valence-electron chi connectivity index (χ2n) is 4.09. The van der Waals surface area contributed by atoms with Crippen LogP contribution in [0.25, 0.3) is 0 Å². The van der Waals surface area contributed by atoms with Gasteiger partial charge in [-0.05, 0) is 30.2 Å². The summed E-state index contributed by atoms with van der Waals surface area (Å²) in [6.07, 6.45) is 1.61. The summed E-state index contributed by atoms with van der Waals surface area (Å²) in [5.74, 6) is 5.73. The number of nitrogens with two attached hydrogens (primary N) is 2. The predicted molar refractivity (Wildman–Crippen MR) is 69.0 cm³/mol. The summed E-state index contributed by atoms with van der Waals surface area (Å²) in [6.45, 7) is 1.71. The number of hydrogen-bond acceptors (Lipinski definition) is 4. The molecule has 4 nitrogen and oxygen atoms in total. The molecule has 1 aromatic carbocycles. The summed E-state index contributed by atoms with van der Waals surface area (Å²) in [7, 11) is 0. The number of benzene rings is 1. The van der Waals surface area contributed by atoms with Gasteiger partial charge in [-0.15, -0.1) is 0 Å². The summed E-state index contributed by atoms with van der Waals surface area (Å²) in [5, 5.41) is 0. The number of hydrazine groups is 1. The van der Waals surface area contributed by atoms with E-state index in [1.807, 2.05) is 6.07 Å². The number of nitrogen functional groups attached to an aromatic ring is 1. The molecule has 0 aliphatic rings. The molecule has 94 valence electrons. The molecule has 1 aromatic heterocycles. The molecule has 1 atom stereocenters. The van der Waals surface area contributed by atoms with E-state index in [0.29, 0.717) is 11.4 Å². The predicted octanol–water partition coefficient (Wildman–Crippen LogP) is 1.66. The molecule has 0 bridgehead atoms. The Bertz CT molecular complexity index is 556. The van der Waals surface area contributed by atoms with E-state index in [9.17, 15) is 4.39 Å². The van der Waals surface area contributed by atoms with Crippen molar-refractivity contribution in [1.82, 2.24) is 10.4 Å². The molecular weight excluding hydrogens is 231 g/mol. The van der Waals surface area contributed by atoms with E-state index in [1.165, 1.54) is 6.07 Å². The van der Waals surface area contributed by atoms with Crippen LogP contribution in [-0.2, 0) is 0 Å². The number of rotatable bonds is 3. The fourth-order valence-electron chi connectivity index (χ4n) is 1.89. The minimum Gasteiger partial charge on any atom is -0.383 e. The highest BCUT2D eigenvalue weighted by atomic mass is 19.1. The van der Waals surface area contributed by atoms with Crippen LogP contribution in [0, 0.1) is 12.7 Å². The van der Waals surface area contributed by atoms with Gasteiger partial charge in [-0.25, -0.2) is 14.8 Å². The smallest absolute Gasteiger partial charge is 0.128 e. The third-order valence-corrected chi connectivity index (χ3v) is 2.86. The number of halogens is 1. The van der Waals surface area contributed by atoms with Crippen LogP contribution in [0.4, 0.5) is 10.2 Å². The van der Waals surface area contributed by atoms with Gasteiger partial charge in [0.05, 0.1) is 6.04 Å². The monoisotopic (exact) mass is 246 g/mol. The normalized spacial score (nSPS) is 12.4. The zero-order valence-corrected chi connectivity index (χ0v) is 10.0. The van der Waals surface area contributed by atoms with Crippen LogP contribution >= 0.6 is 0 Å². The van der Waals surface area contributed by atoms with Gasteiger partial charge in [-0.1, -0.05) is 18.2 Å². The van der Waals surface area contributed by atoms with Crippen molar-refractivity contribution >= 4 is 5.82 Å². The minimum atomic E-state index is -0.307. The van der Waals surface area contributed by atoms with Crippen molar-refractivity contribution < 1.29 is 4.39 Å². The number of hydrogen-bond donors (Lipinski definition) is 3. The van der Waals surface area contributed by atoms with Crippen LogP contribution < -0.4 is 17.0 Å². The van der Waals surface area contributed by atoms with Crippen LogP contribution in [-0.4, -0.2) is 4.98 Å². The average molecular weight is 246 g/mol. The molecule has 0 saturated carbocycles. The maximum atomic E-state index is 13.3. The second kappa shape index (κ2) is 5.12. The molecule has 2 aromatic rings. The van der Waals surface area contributed by atoms with Gasteiger partial charge in [-0.2, -0.15) is 0 Å². The van der Waals surface area contributed by atoms with Crippen molar-refractivity contribution in [3.8, 4) is 0 Å². The van der Waals surface area contributed by atoms with Crippen molar-refractivity contribution in [1.29, 1.82) is 0 Å². The van der Waals surface area contributed by atoms with Gasteiger partial charge in [0.1, 0.15) is 11.6 Å². The SMILES string of the molecule is Cc1cc(C(NN)c2cccnc2N)ccc1F. The van der Waals surface area contributed by atoms with E-state index >= 15 is 0 Å². The fourth-order valence-corrected chi connectivity index (χ4v) is 1.89. The Kier molecular flexibility index (Phi) is 3.55. The summed E-state index contributed by atoms with van der Waals surface area (Å²) in [5.41, 5.74) is 10.7. The Morgan fingerprint density at radius 3 is 2.72 bits per heavy atom. The molecule has 0 saturated heterocycles. The van der Waals surface area contributed by atoms with Crippen molar-refractivity contribution in [3.63, 3.8) is 0 Å². The van der Waals surface area contributed by atoms with Gasteiger partial charge < -0.3 is 5.73 Å². The first-order valence-electron chi connectivity index (χ1n) is 5.56. The molecule has 18 heavy (non-hydrogen) atoms. The van der Waals surface area contributed by atoms with E-state index < -0.39 is 0 Å². The third-order valence-electron chi connectivity index (χ3n) is 2.86. The molecule has 5 N–H and O–H groups in total. The number of aromatic nitrogens is 1. The molecule has 1 unspecified atom stereocenters. The molecule has 1 heterocycles. The molecule has 0 aliphatic heterocycles. The molecule has 0 aliphatic carbocycles. The maximum absolute atomic E-state index is 13.3. The summed E-state index contributed by atoms with van der Waals surface area (Å²) >= 11 is 0. The van der Waals surface area contributed by atoms with Crippen molar-refractivity contribution in [2.75, 3.05) is 5.73 Å². The van der Waals surface area contributed by atoms with Gasteiger partial charge in [0.25, 0.3) is 0 Å². The number of nitrogens with one attached hydrogen (secondary N) is 1. The van der Waals surface area contributed by atoms with Gasteiger partial charge in [0.15, 0.2) is 0 Å². The van der Waals surface area contributed by atoms with E-state index in [2.05, 4.69) is 10.4 Å². The highest BCUT2D eigenvalue weighted by molar-refractivity contribution is 5.46. The van der Waals surface area contributed by atoms with Gasteiger partial charge >= 0.3 is 0 Å². The summed E-state index contributed by atoms with van der Waals surface area (Å²) in [4.78, 5) is 4.02. The number of nitrogens with zero attached hydrogens (tertiary/aromatic N) is 1. The molecule has 0 fully saturated rings. The number of pyridine rings is 1. The van der Waals surface area contributed by atoms with Gasteiger partial charge in [-0.3, -0.25) is 5.84 Å². The highest BCUT2D eigenvalue weighted by Crippen LogP contribution is 2.25. The highest BCUT2D eigenvalue weighted by Gasteiger charge is 2.16. The topological polar surface area (TPSA) is 77.0 Å². The molecule has 0 spiro atoms. The zero-order chi connectivity index (χ0) is 13.1. The lowest BCUT2D eigenvalue weighted by Crippen LogP contribution is -2.29. The zero-order valence-electron chi connectivity index (χ0n) is 10.0. The van der Waals surface area contributed by atoms with Gasteiger partial charge in [0, 0.05) is 11.8 Å². The van der Waals surface area contributed by atoms with Gasteiger partial charge in [0.2, 0.25) is 0 Å². The molecule has 2 rings (SSSR count). The molecule has 0 radical (unpaired) electrons. The standard InChI is InChI=1S/C13H15FN4/c1-8-7-9(4-5-11(8)14)12(18-16)10-3-2-6-17-13(10)15/h2-7,12,18H,16H2,1H3,(H2,15,17). The van der Waals surface area contributed by atoms with Crippen molar-refractivity contribution in [2.24, 2.45) is 5.84 Å².